The monoisotopic (exact) mass is 534 g/mol. The summed E-state index contributed by atoms with van der Waals surface area (Å²) in [5.74, 6) is 0.742. The lowest BCUT2D eigenvalue weighted by atomic mass is 10.2. The van der Waals surface area contributed by atoms with Crippen molar-refractivity contribution >= 4 is 20.9 Å². The fourth-order valence-corrected chi connectivity index (χ4v) is 5.46. The Morgan fingerprint density at radius 3 is 2.42 bits per heavy atom. The van der Waals surface area contributed by atoms with Gasteiger partial charge in [-0.2, -0.15) is 0 Å². The number of rotatable bonds is 13. The Balaban J connectivity index is 1.33. The van der Waals surface area contributed by atoms with Crippen LogP contribution in [0.3, 0.4) is 0 Å². The Hall–Kier alpha value is -3.53. The van der Waals surface area contributed by atoms with E-state index in [9.17, 15) is 13.2 Å². The van der Waals surface area contributed by atoms with E-state index in [2.05, 4.69) is 9.88 Å². The first-order valence-electron chi connectivity index (χ1n) is 12.6. The van der Waals surface area contributed by atoms with Gasteiger partial charge in [-0.3, -0.25) is 14.7 Å². The summed E-state index contributed by atoms with van der Waals surface area (Å²) in [5.41, 5.74) is 2.72. The van der Waals surface area contributed by atoms with E-state index >= 15 is 0 Å². The summed E-state index contributed by atoms with van der Waals surface area (Å²) in [7, 11) is -0.0189. The van der Waals surface area contributed by atoms with Crippen LogP contribution in [-0.2, 0) is 29.4 Å². The van der Waals surface area contributed by atoms with Crippen LogP contribution in [0.25, 0.3) is 10.9 Å². The van der Waals surface area contributed by atoms with Gasteiger partial charge >= 0.3 is 0 Å². The van der Waals surface area contributed by atoms with Crippen LogP contribution in [-0.4, -0.2) is 60.5 Å². The number of fused-ring (bicyclic) bond motifs is 1. The molecule has 38 heavy (non-hydrogen) atoms. The van der Waals surface area contributed by atoms with E-state index in [1.54, 1.807) is 37.1 Å². The van der Waals surface area contributed by atoms with Gasteiger partial charge in [0.05, 0.1) is 17.9 Å². The lowest BCUT2D eigenvalue weighted by Crippen LogP contribution is -2.37. The van der Waals surface area contributed by atoms with Crippen LogP contribution in [0.15, 0.2) is 90.0 Å². The lowest BCUT2D eigenvalue weighted by Gasteiger charge is -2.25. The van der Waals surface area contributed by atoms with Crippen molar-refractivity contribution in [1.29, 1.82) is 0 Å². The summed E-state index contributed by atoms with van der Waals surface area (Å²) in [4.78, 5) is 18.2. The van der Waals surface area contributed by atoms with Crippen LogP contribution in [0.2, 0.25) is 0 Å². The molecule has 0 aliphatic heterocycles. The van der Waals surface area contributed by atoms with Gasteiger partial charge in [0.2, 0.25) is 10.0 Å². The Morgan fingerprint density at radius 1 is 0.895 bits per heavy atom. The maximum atomic E-state index is 12.9. The molecule has 2 heterocycles. The van der Waals surface area contributed by atoms with Crippen molar-refractivity contribution in [2.45, 2.75) is 18.7 Å². The van der Waals surface area contributed by atoms with Gasteiger partial charge in [-0.1, -0.05) is 30.3 Å². The molecule has 0 saturated carbocycles. The average Bonchev–Trinajstić information content (AvgIpc) is 2.92. The van der Waals surface area contributed by atoms with Crippen molar-refractivity contribution in [2.24, 2.45) is 7.05 Å². The third-order valence-electron chi connectivity index (χ3n) is 6.54. The number of hydrogen-bond donors (Lipinski definition) is 0. The van der Waals surface area contributed by atoms with E-state index < -0.39 is 10.0 Å². The molecule has 0 N–H and O–H groups in total. The van der Waals surface area contributed by atoms with Crippen molar-refractivity contribution in [3.63, 3.8) is 0 Å². The second-order valence-corrected chi connectivity index (χ2v) is 11.4. The van der Waals surface area contributed by atoms with Gasteiger partial charge in [-0.25, -0.2) is 12.7 Å². The highest BCUT2D eigenvalue weighted by molar-refractivity contribution is 7.88. The molecule has 0 unspecified atom stereocenters. The molecule has 2 aromatic heterocycles. The highest BCUT2D eigenvalue weighted by Gasteiger charge is 2.19. The summed E-state index contributed by atoms with van der Waals surface area (Å²) >= 11 is 0. The van der Waals surface area contributed by atoms with Crippen LogP contribution in [0.5, 0.6) is 5.75 Å². The fourth-order valence-electron chi connectivity index (χ4n) is 4.26. The standard InChI is InChI=1S/C29H34N4O4S/c1-31(38(35,36)23-25-7-4-3-5-8-25)18-19-33(22-24-13-15-30-16-14-24)17-6-20-37-27-10-11-28-26(21-27)9-12-29(34)32(28)2/h3-5,7-16,21H,6,17-20,22-23H2,1-2H3. The van der Waals surface area contributed by atoms with Crippen LogP contribution < -0.4 is 10.3 Å². The molecular weight excluding hydrogens is 500 g/mol. The van der Waals surface area contributed by atoms with Crippen molar-refractivity contribution in [3.8, 4) is 5.75 Å². The fraction of sp³-hybridized carbons (Fsp3) is 0.310. The number of pyridine rings is 2. The summed E-state index contributed by atoms with van der Waals surface area (Å²) in [6.07, 6.45) is 4.31. The third kappa shape index (κ3) is 7.50. The van der Waals surface area contributed by atoms with Gasteiger partial charge in [0.15, 0.2) is 0 Å². The van der Waals surface area contributed by atoms with Gasteiger partial charge in [-0.15, -0.1) is 0 Å². The molecule has 0 aliphatic rings. The molecule has 4 rings (SSSR count). The molecular formula is C29H34N4O4S. The van der Waals surface area contributed by atoms with Crippen molar-refractivity contribution in [2.75, 3.05) is 33.3 Å². The zero-order chi connectivity index (χ0) is 27.0. The molecule has 0 saturated heterocycles. The number of likely N-dealkylation sites (N-methyl/N-ethyl adjacent to an activating group) is 1. The Morgan fingerprint density at radius 2 is 1.66 bits per heavy atom. The van der Waals surface area contributed by atoms with E-state index in [-0.39, 0.29) is 11.3 Å². The van der Waals surface area contributed by atoms with Crippen LogP contribution >= 0.6 is 0 Å². The molecule has 4 aromatic rings. The second kappa shape index (κ2) is 12.8. The van der Waals surface area contributed by atoms with Crippen molar-refractivity contribution < 1.29 is 13.2 Å². The summed E-state index contributed by atoms with van der Waals surface area (Å²) in [6, 6.07) is 22.3. The van der Waals surface area contributed by atoms with Crippen LogP contribution in [0, 0.1) is 0 Å². The molecule has 0 radical (unpaired) electrons. The Kier molecular flexibility index (Phi) is 9.28. The van der Waals surface area contributed by atoms with Gasteiger partial charge in [0, 0.05) is 64.1 Å². The number of benzene rings is 2. The minimum atomic E-state index is -3.42. The van der Waals surface area contributed by atoms with E-state index in [1.807, 2.05) is 66.7 Å². The predicted octanol–water partition coefficient (Wildman–Crippen LogP) is 3.67. The zero-order valence-electron chi connectivity index (χ0n) is 21.9. The number of aromatic nitrogens is 2. The summed E-state index contributed by atoms with van der Waals surface area (Å²) < 4.78 is 34.8. The first kappa shape index (κ1) is 27.5. The Bertz CT molecular complexity index is 1490. The Labute approximate surface area is 224 Å². The normalized spacial score (nSPS) is 11.9. The predicted molar refractivity (Wildman–Crippen MR) is 151 cm³/mol. The molecule has 0 fully saturated rings. The van der Waals surface area contributed by atoms with Crippen LogP contribution in [0.4, 0.5) is 0 Å². The molecule has 0 spiro atoms. The minimum absolute atomic E-state index is 0.0115. The average molecular weight is 535 g/mol. The van der Waals surface area contributed by atoms with Gasteiger partial charge in [-0.05, 0) is 53.9 Å². The van der Waals surface area contributed by atoms with Gasteiger partial charge in [0.1, 0.15) is 5.75 Å². The first-order chi connectivity index (χ1) is 18.3. The number of aryl methyl sites for hydroxylation is 1. The summed E-state index contributed by atoms with van der Waals surface area (Å²) in [6.45, 7) is 2.95. The van der Waals surface area contributed by atoms with E-state index in [0.717, 1.165) is 40.7 Å². The number of nitrogens with zero attached hydrogens (tertiary/aromatic N) is 4. The molecule has 0 atom stereocenters. The molecule has 200 valence electrons. The quantitative estimate of drug-likeness (QED) is 0.244. The number of hydrogen-bond acceptors (Lipinski definition) is 6. The highest BCUT2D eigenvalue weighted by Crippen LogP contribution is 2.19. The zero-order valence-corrected chi connectivity index (χ0v) is 22.7. The minimum Gasteiger partial charge on any atom is -0.494 e. The summed E-state index contributed by atoms with van der Waals surface area (Å²) in [5, 5.41) is 0.948. The van der Waals surface area contributed by atoms with E-state index in [4.69, 9.17) is 4.74 Å². The van der Waals surface area contributed by atoms with Crippen molar-refractivity contribution in [1.82, 2.24) is 18.8 Å². The van der Waals surface area contributed by atoms with E-state index in [1.165, 1.54) is 4.31 Å². The largest absolute Gasteiger partial charge is 0.494 e. The maximum Gasteiger partial charge on any atom is 0.250 e. The first-order valence-corrected chi connectivity index (χ1v) is 14.2. The van der Waals surface area contributed by atoms with Gasteiger partial charge in [0.25, 0.3) is 5.56 Å². The molecule has 0 bridgehead atoms. The SMILES string of the molecule is CN(CCN(CCCOc1ccc2c(ccc(=O)n2C)c1)Cc1ccncc1)S(=O)(=O)Cc1ccccc1. The molecule has 0 amide bonds. The maximum absolute atomic E-state index is 12.9. The molecule has 0 aliphatic carbocycles. The highest BCUT2D eigenvalue weighted by atomic mass is 32.2. The molecule has 8 nitrogen and oxygen atoms in total. The van der Waals surface area contributed by atoms with E-state index in [0.29, 0.717) is 26.2 Å². The number of ether oxygens (including phenoxy) is 1. The lowest BCUT2D eigenvalue weighted by molar-refractivity contribution is 0.219. The topological polar surface area (TPSA) is 84.7 Å². The molecule has 2 aromatic carbocycles. The van der Waals surface area contributed by atoms with Gasteiger partial charge < -0.3 is 9.30 Å². The smallest absolute Gasteiger partial charge is 0.250 e. The second-order valence-electron chi connectivity index (χ2n) is 9.35. The number of sulfonamides is 1. The van der Waals surface area contributed by atoms with Crippen LogP contribution in [0.1, 0.15) is 17.5 Å². The molecule has 9 heteroatoms. The van der Waals surface area contributed by atoms with Crippen molar-refractivity contribution in [3.05, 3.63) is 107 Å². The third-order valence-corrected chi connectivity index (χ3v) is 8.37.